The molecular formula is C13H20N4S. The van der Waals surface area contributed by atoms with Crippen LogP contribution in [-0.2, 0) is 25.4 Å². The number of hydrogen-bond acceptors (Lipinski definition) is 2. The SMILES string of the molecule is Cn1cc(CCn2c(C(C)(C)C)c[nH]c2=S)cn1. The second-order valence-electron chi connectivity index (χ2n) is 5.65. The van der Waals surface area contributed by atoms with Crippen LogP contribution in [0.1, 0.15) is 32.0 Å². The van der Waals surface area contributed by atoms with Crippen LogP contribution in [0.15, 0.2) is 18.6 Å². The number of hydrogen-bond donors (Lipinski definition) is 1. The number of aromatic nitrogens is 4. The zero-order chi connectivity index (χ0) is 13.3. The van der Waals surface area contributed by atoms with Gasteiger partial charge in [0.05, 0.1) is 6.20 Å². The first kappa shape index (κ1) is 13.1. The van der Waals surface area contributed by atoms with Crippen LogP contribution in [0.4, 0.5) is 0 Å². The number of aromatic amines is 1. The van der Waals surface area contributed by atoms with E-state index < -0.39 is 0 Å². The molecule has 0 amide bonds. The number of rotatable bonds is 3. The van der Waals surface area contributed by atoms with E-state index in [1.807, 2.05) is 30.3 Å². The minimum absolute atomic E-state index is 0.0997. The molecule has 2 heterocycles. The molecule has 1 N–H and O–H groups in total. The molecule has 0 saturated heterocycles. The average molecular weight is 264 g/mol. The maximum absolute atomic E-state index is 5.35. The van der Waals surface area contributed by atoms with E-state index in [1.54, 1.807) is 0 Å². The van der Waals surface area contributed by atoms with Gasteiger partial charge in [0.15, 0.2) is 4.77 Å². The van der Waals surface area contributed by atoms with Crippen molar-refractivity contribution in [3.63, 3.8) is 0 Å². The van der Waals surface area contributed by atoms with Crippen LogP contribution in [0.3, 0.4) is 0 Å². The van der Waals surface area contributed by atoms with E-state index in [4.69, 9.17) is 12.2 Å². The van der Waals surface area contributed by atoms with Gasteiger partial charge in [-0.3, -0.25) is 4.68 Å². The summed E-state index contributed by atoms with van der Waals surface area (Å²) in [6.07, 6.45) is 6.93. The molecule has 0 aromatic carbocycles. The van der Waals surface area contributed by atoms with Crippen LogP contribution in [0, 0.1) is 4.77 Å². The van der Waals surface area contributed by atoms with Crippen LogP contribution >= 0.6 is 12.2 Å². The third-order valence-electron chi connectivity index (χ3n) is 3.02. The summed E-state index contributed by atoms with van der Waals surface area (Å²) in [5, 5.41) is 4.18. The van der Waals surface area contributed by atoms with Gasteiger partial charge in [0.1, 0.15) is 0 Å². The Labute approximate surface area is 113 Å². The number of H-pyrrole nitrogens is 1. The zero-order valence-corrected chi connectivity index (χ0v) is 12.2. The molecule has 0 saturated carbocycles. The normalized spacial score (nSPS) is 12.0. The first-order valence-electron chi connectivity index (χ1n) is 6.14. The fraction of sp³-hybridized carbons (Fsp3) is 0.538. The van der Waals surface area contributed by atoms with Gasteiger partial charge in [-0.25, -0.2) is 0 Å². The lowest BCUT2D eigenvalue weighted by Crippen LogP contribution is -2.18. The Morgan fingerprint density at radius 3 is 2.67 bits per heavy atom. The Balaban J connectivity index is 2.19. The molecule has 4 nitrogen and oxygen atoms in total. The molecule has 0 atom stereocenters. The fourth-order valence-electron chi connectivity index (χ4n) is 2.08. The largest absolute Gasteiger partial charge is 0.337 e. The lowest BCUT2D eigenvalue weighted by atomic mass is 9.92. The van der Waals surface area contributed by atoms with Gasteiger partial charge >= 0.3 is 0 Å². The van der Waals surface area contributed by atoms with Crippen molar-refractivity contribution in [2.45, 2.75) is 39.2 Å². The highest BCUT2D eigenvalue weighted by Gasteiger charge is 2.19. The fourth-order valence-corrected chi connectivity index (χ4v) is 2.33. The van der Waals surface area contributed by atoms with E-state index in [9.17, 15) is 0 Å². The standard InChI is InChI=1S/C13H20N4S/c1-13(2,3)11-8-14-12(18)17(11)6-5-10-7-15-16(4)9-10/h7-9H,5-6H2,1-4H3,(H,14,18). The number of imidazole rings is 1. The minimum atomic E-state index is 0.0997. The summed E-state index contributed by atoms with van der Waals surface area (Å²) in [5.74, 6) is 0. The number of nitrogens with one attached hydrogen (secondary N) is 1. The molecular weight excluding hydrogens is 244 g/mol. The molecule has 18 heavy (non-hydrogen) atoms. The summed E-state index contributed by atoms with van der Waals surface area (Å²) >= 11 is 5.35. The summed E-state index contributed by atoms with van der Waals surface area (Å²) in [7, 11) is 1.94. The molecule has 0 aliphatic rings. The summed E-state index contributed by atoms with van der Waals surface area (Å²) in [6, 6.07) is 0. The van der Waals surface area contributed by atoms with Crippen molar-refractivity contribution >= 4 is 12.2 Å². The molecule has 0 aliphatic heterocycles. The predicted molar refractivity (Wildman–Crippen MR) is 75.2 cm³/mol. The Hall–Kier alpha value is -1.36. The molecule has 2 aromatic heterocycles. The zero-order valence-electron chi connectivity index (χ0n) is 11.4. The van der Waals surface area contributed by atoms with Crippen molar-refractivity contribution in [2.24, 2.45) is 7.05 Å². The van der Waals surface area contributed by atoms with Crippen molar-refractivity contribution in [2.75, 3.05) is 0 Å². The summed E-state index contributed by atoms with van der Waals surface area (Å²) < 4.78 is 4.81. The second kappa shape index (κ2) is 4.72. The molecule has 0 spiro atoms. The lowest BCUT2D eigenvalue weighted by molar-refractivity contribution is 0.514. The highest BCUT2D eigenvalue weighted by atomic mass is 32.1. The molecule has 2 aromatic rings. The third kappa shape index (κ3) is 2.72. The molecule has 0 radical (unpaired) electrons. The molecule has 5 heteroatoms. The van der Waals surface area contributed by atoms with Gasteiger partial charge < -0.3 is 9.55 Å². The van der Waals surface area contributed by atoms with Crippen LogP contribution in [-0.4, -0.2) is 19.3 Å². The summed E-state index contributed by atoms with van der Waals surface area (Å²) in [5.41, 5.74) is 2.58. The van der Waals surface area contributed by atoms with Gasteiger partial charge in [-0.15, -0.1) is 0 Å². The van der Waals surface area contributed by atoms with Crippen molar-refractivity contribution < 1.29 is 0 Å². The van der Waals surface area contributed by atoms with Gasteiger partial charge in [0, 0.05) is 37.1 Å². The topological polar surface area (TPSA) is 38.5 Å². The Bertz CT molecular complexity index is 583. The number of nitrogens with zero attached hydrogens (tertiary/aromatic N) is 3. The van der Waals surface area contributed by atoms with E-state index in [1.165, 1.54) is 11.3 Å². The van der Waals surface area contributed by atoms with Crippen LogP contribution in [0.25, 0.3) is 0 Å². The van der Waals surface area contributed by atoms with Gasteiger partial charge in [-0.05, 0) is 24.2 Å². The maximum Gasteiger partial charge on any atom is 0.177 e. The molecule has 0 bridgehead atoms. The maximum atomic E-state index is 5.35. The van der Waals surface area contributed by atoms with Crippen LogP contribution in [0.5, 0.6) is 0 Å². The van der Waals surface area contributed by atoms with E-state index in [0.717, 1.165) is 17.7 Å². The molecule has 98 valence electrons. The Morgan fingerprint density at radius 2 is 2.11 bits per heavy atom. The predicted octanol–water partition coefficient (Wildman–Crippen LogP) is 2.82. The molecule has 2 rings (SSSR count). The average Bonchev–Trinajstić information content (AvgIpc) is 2.81. The molecule has 0 unspecified atom stereocenters. The summed E-state index contributed by atoms with van der Waals surface area (Å²) in [4.78, 5) is 3.14. The van der Waals surface area contributed by atoms with Crippen LogP contribution in [0.2, 0.25) is 0 Å². The highest BCUT2D eigenvalue weighted by molar-refractivity contribution is 7.71. The number of aryl methyl sites for hydroxylation is 2. The molecule has 0 aliphatic carbocycles. The van der Waals surface area contributed by atoms with Crippen LogP contribution < -0.4 is 0 Å². The minimum Gasteiger partial charge on any atom is -0.337 e. The van der Waals surface area contributed by atoms with Crippen molar-refractivity contribution in [1.82, 2.24) is 19.3 Å². The van der Waals surface area contributed by atoms with Gasteiger partial charge in [0.2, 0.25) is 0 Å². The molecule has 0 fully saturated rings. The van der Waals surface area contributed by atoms with E-state index in [-0.39, 0.29) is 5.41 Å². The van der Waals surface area contributed by atoms with Crippen molar-refractivity contribution in [3.05, 3.63) is 34.6 Å². The Kier molecular flexibility index (Phi) is 3.43. The van der Waals surface area contributed by atoms with Gasteiger partial charge in [-0.1, -0.05) is 20.8 Å². The van der Waals surface area contributed by atoms with E-state index >= 15 is 0 Å². The van der Waals surface area contributed by atoms with Crippen molar-refractivity contribution in [1.29, 1.82) is 0 Å². The Morgan fingerprint density at radius 1 is 1.39 bits per heavy atom. The summed E-state index contributed by atoms with van der Waals surface area (Å²) in [6.45, 7) is 7.49. The highest BCUT2D eigenvalue weighted by Crippen LogP contribution is 2.22. The van der Waals surface area contributed by atoms with Gasteiger partial charge in [0.25, 0.3) is 0 Å². The smallest absolute Gasteiger partial charge is 0.177 e. The van der Waals surface area contributed by atoms with E-state index in [2.05, 4.69) is 35.4 Å². The monoisotopic (exact) mass is 264 g/mol. The lowest BCUT2D eigenvalue weighted by Gasteiger charge is -2.20. The second-order valence-corrected chi connectivity index (χ2v) is 6.04. The van der Waals surface area contributed by atoms with Gasteiger partial charge in [-0.2, -0.15) is 5.10 Å². The van der Waals surface area contributed by atoms with E-state index in [0.29, 0.717) is 0 Å². The first-order chi connectivity index (χ1) is 8.38. The first-order valence-corrected chi connectivity index (χ1v) is 6.55. The quantitative estimate of drug-likeness (QED) is 0.866. The van der Waals surface area contributed by atoms with Crippen molar-refractivity contribution in [3.8, 4) is 0 Å². The third-order valence-corrected chi connectivity index (χ3v) is 3.36.